The van der Waals surface area contributed by atoms with Gasteiger partial charge in [0.1, 0.15) is 5.69 Å². The molecule has 1 aromatic heterocycles. The molecule has 5 heteroatoms. The van der Waals surface area contributed by atoms with Crippen molar-refractivity contribution in [2.45, 2.75) is 6.42 Å². The molecule has 92 valence electrons. The van der Waals surface area contributed by atoms with Crippen molar-refractivity contribution in [3.05, 3.63) is 46.7 Å². The first-order valence-corrected chi connectivity index (χ1v) is 6.12. The number of H-pyrrole nitrogens is 1. The fourth-order valence-corrected chi connectivity index (χ4v) is 2.24. The maximum absolute atomic E-state index is 11.9. The number of amides is 1. The van der Waals surface area contributed by atoms with Crippen molar-refractivity contribution >= 4 is 28.9 Å². The van der Waals surface area contributed by atoms with Crippen molar-refractivity contribution in [3.8, 4) is 0 Å². The van der Waals surface area contributed by atoms with E-state index in [4.69, 9.17) is 11.6 Å². The Kier molecular flexibility index (Phi) is 2.72. The Balaban J connectivity index is 1.78. The Labute approximate surface area is 109 Å². The summed E-state index contributed by atoms with van der Waals surface area (Å²) in [7, 11) is 0. The van der Waals surface area contributed by atoms with Gasteiger partial charge in [-0.15, -0.1) is 0 Å². The lowest BCUT2D eigenvalue weighted by atomic mass is 10.1. The van der Waals surface area contributed by atoms with Crippen molar-refractivity contribution < 1.29 is 4.79 Å². The molecular formula is C13H12ClN3O. The van der Waals surface area contributed by atoms with E-state index in [0.717, 1.165) is 24.3 Å². The Morgan fingerprint density at radius 3 is 3.00 bits per heavy atom. The molecule has 0 atom stereocenters. The van der Waals surface area contributed by atoms with Gasteiger partial charge in [0, 0.05) is 24.1 Å². The van der Waals surface area contributed by atoms with Crippen LogP contribution in [0.3, 0.4) is 0 Å². The molecule has 0 spiro atoms. The molecule has 4 nitrogen and oxygen atoms in total. The van der Waals surface area contributed by atoms with Crippen molar-refractivity contribution in [1.29, 1.82) is 0 Å². The highest BCUT2D eigenvalue weighted by atomic mass is 35.5. The number of anilines is 2. The van der Waals surface area contributed by atoms with Crippen LogP contribution >= 0.6 is 11.6 Å². The first-order valence-electron chi connectivity index (χ1n) is 5.74. The fraction of sp³-hybridized carbons (Fsp3) is 0.154. The number of hydrogen-bond acceptors (Lipinski definition) is 2. The molecule has 1 aromatic carbocycles. The van der Waals surface area contributed by atoms with Crippen LogP contribution in [0.15, 0.2) is 30.5 Å². The molecule has 1 aliphatic rings. The molecule has 1 aliphatic heterocycles. The van der Waals surface area contributed by atoms with E-state index in [-0.39, 0.29) is 5.91 Å². The van der Waals surface area contributed by atoms with Gasteiger partial charge in [0.05, 0.1) is 5.02 Å². The van der Waals surface area contributed by atoms with Gasteiger partial charge >= 0.3 is 0 Å². The van der Waals surface area contributed by atoms with Crippen molar-refractivity contribution in [1.82, 2.24) is 4.98 Å². The molecular weight excluding hydrogens is 250 g/mol. The van der Waals surface area contributed by atoms with Crippen LogP contribution in [0.1, 0.15) is 16.1 Å². The molecule has 1 amide bonds. The molecule has 0 aliphatic carbocycles. The van der Waals surface area contributed by atoms with E-state index in [0.29, 0.717) is 10.7 Å². The number of halogens is 1. The Bertz CT molecular complexity index is 606. The van der Waals surface area contributed by atoms with Crippen LogP contribution in [0.25, 0.3) is 0 Å². The lowest BCUT2D eigenvalue weighted by Gasteiger charge is -2.06. The minimum Gasteiger partial charge on any atom is -0.384 e. The first-order chi connectivity index (χ1) is 8.72. The van der Waals surface area contributed by atoms with E-state index < -0.39 is 0 Å². The summed E-state index contributed by atoms with van der Waals surface area (Å²) in [5.41, 5.74) is 3.64. The van der Waals surface area contributed by atoms with E-state index in [2.05, 4.69) is 15.6 Å². The van der Waals surface area contributed by atoms with Gasteiger partial charge in [-0.1, -0.05) is 11.6 Å². The van der Waals surface area contributed by atoms with Gasteiger partial charge in [0.15, 0.2) is 0 Å². The Hall–Kier alpha value is -1.94. The number of fused-ring (bicyclic) bond motifs is 1. The van der Waals surface area contributed by atoms with Crippen LogP contribution in [0.4, 0.5) is 11.4 Å². The maximum atomic E-state index is 11.9. The summed E-state index contributed by atoms with van der Waals surface area (Å²) in [6.45, 7) is 0.957. The predicted octanol–water partition coefficient (Wildman–Crippen LogP) is 2.89. The predicted molar refractivity (Wildman–Crippen MR) is 72.4 cm³/mol. The second-order valence-corrected chi connectivity index (χ2v) is 4.67. The molecule has 0 fully saturated rings. The van der Waals surface area contributed by atoms with Gasteiger partial charge in [-0.05, 0) is 36.2 Å². The summed E-state index contributed by atoms with van der Waals surface area (Å²) in [6.07, 6.45) is 2.58. The zero-order valence-electron chi connectivity index (χ0n) is 9.59. The average molecular weight is 262 g/mol. The van der Waals surface area contributed by atoms with E-state index >= 15 is 0 Å². The molecule has 3 N–H and O–H groups in total. The monoisotopic (exact) mass is 261 g/mol. The van der Waals surface area contributed by atoms with E-state index in [1.165, 1.54) is 5.56 Å². The zero-order chi connectivity index (χ0) is 12.5. The molecule has 0 bridgehead atoms. The first kappa shape index (κ1) is 11.2. The van der Waals surface area contributed by atoms with Gasteiger partial charge in [-0.3, -0.25) is 4.79 Å². The highest BCUT2D eigenvalue weighted by Gasteiger charge is 2.12. The maximum Gasteiger partial charge on any atom is 0.272 e. The van der Waals surface area contributed by atoms with Crippen LogP contribution < -0.4 is 10.6 Å². The molecule has 2 heterocycles. The largest absolute Gasteiger partial charge is 0.384 e. The average Bonchev–Trinajstić information content (AvgIpc) is 2.96. The Morgan fingerprint density at radius 2 is 2.22 bits per heavy atom. The standard InChI is InChI=1S/C13H12ClN3O/c14-9-6-12(16-7-9)13(18)17-10-1-2-11-8(5-10)3-4-15-11/h1-2,5-7,15-16H,3-4H2,(H,17,18). The molecule has 3 rings (SSSR count). The normalized spacial score (nSPS) is 12.9. The zero-order valence-corrected chi connectivity index (χ0v) is 10.3. The van der Waals surface area contributed by atoms with Crippen molar-refractivity contribution in [3.63, 3.8) is 0 Å². The highest BCUT2D eigenvalue weighted by molar-refractivity contribution is 6.31. The summed E-state index contributed by atoms with van der Waals surface area (Å²) in [5, 5.41) is 6.65. The molecule has 0 saturated heterocycles. The SMILES string of the molecule is O=C(Nc1ccc2c(c1)CCN2)c1cc(Cl)c[nH]1. The second kappa shape index (κ2) is 4.38. The Morgan fingerprint density at radius 1 is 1.33 bits per heavy atom. The van der Waals surface area contributed by atoms with Gasteiger partial charge in [0.2, 0.25) is 0 Å². The number of hydrogen-bond donors (Lipinski definition) is 3. The topological polar surface area (TPSA) is 56.9 Å². The van der Waals surface area contributed by atoms with Gasteiger partial charge in [0.25, 0.3) is 5.91 Å². The van der Waals surface area contributed by atoms with Crippen molar-refractivity contribution in [2.24, 2.45) is 0 Å². The third-order valence-electron chi connectivity index (χ3n) is 2.97. The van der Waals surface area contributed by atoms with Crippen LogP contribution in [0.5, 0.6) is 0 Å². The van der Waals surface area contributed by atoms with Crippen LogP contribution in [-0.2, 0) is 6.42 Å². The quantitative estimate of drug-likeness (QED) is 0.779. The number of nitrogens with one attached hydrogen (secondary N) is 3. The molecule has 18 heavy (non-hydrogen) atoms. The van der Waals surface area contributed by atoms with Crippen LogP contribution in [0, 0.1) is 0 Å². The van der Waals surface area contributed by atoms with E-state index in [9.17, 15) is 4.79 Å². The molecule has 2 aromatic rings. The fourth-order valence-electron chi connectivity index (χ4n) is 2.08. The summed E-state index contributed by atoms with van der Waals surface area (Å²) in [5.74, 6) is -0.187. The lowest BCUT2D eigenvalue weighted by molar-refractivity contribution is 0.102. The summed E-state index contributed by atoms with van der Waals surface area (Å²) in [6, 6.07) is 7.48. The minimum atomic E-state index is -0.187. The molecule has 0 saturated carbocycles. The van der Waals surface area contributed by atoms with Gasteiger partial charge in [-0.25, -0.2) is 0 Å². The van der Waals surface area contributed by atoms with Crippen molar-refractivity contribution in [2.75, 3.05) is 17.2 Å². The molecule has 0 unspecified atom stereocenters. The number of carbonyl (C=O) groups is 1. The van der Waals surface area contributed by atoms with Crippen LogP contribution in [-0.4, -0.2) is 17.4 Å². The van der Waals surface area contributed by atoms with Crippen LogP contribution in [0.2, 0.25) is 5.02 Å². The minimum absolute atomic E-state index is 0.187. The molecule has 0 radical (unpaired) electrons. The lowest BCUT2D eigenvalue weighted by Crippen LogP contribution is -2.12. The highest BCUT2D eigenvalue weighted by Crippen LogP contribution is 2.25. The van der Waals surface area contributed by atoms with E-state index in [1.54, 1.807) is 12.3 Å². The number of carbonyl (C=O) groups excluding carboxylic acids is 1. The smallest absolute Gasteiger partial charge is 0.272 e. The summed E-state index contributed by atoms with van der Waals surface area (Å²) >= 11 is 5.76. The van der Waals surface area contributed by atoms with Gasteiger partial charge < -0.3 is 15.6 Å². The third-order valence-corrected chi connectivity index (χ3v) is 3.18. The van der Waals surface area contributed by atoms with E-state index in [1.807, 2.05) is 18.2 Å². The summed E-state index contributed by atoms with van der Waals surface area (Å²) in [4.78, 5) is 14.7. The number of aromatic nitrogens is 1. The third kappa shape index (κ3) is 2.07. The second-order valence-electron chi connectivity index (χ2n) is 4.23. The van der Waals surface area contributed by atoms with Gasteiger partial charge in [-0.2, -0.15) is 0 Å². The number of benzene rings is 1. The summed E-state index contributed by atoms with van der Waals surface area (Å²) < 4.78 is 0. The number of aromatic amines is 1. The number of rotatable bonds is 2.